The molecule has 0 amide bonds. The molecule has 0 radical (unpaired) electrons. The summed E-state index contributed by atoms with van der Waals surface area (Å²) in [5.74, 6) is 3.95. The van der Waals surface area contributed by atoms with Gasteiger partial charge in [0.05, 0.1) is 0 Å². The largest absolute Gasteiger partial charge is 0.349 e. The number of aromatic nitrogens is 2. The van der Waals surface area contributed by atoms with Crippen molar-refractivity contribution in [2.75, 3.05) is 16.8 Å². The van der Waals surface area contributed by atoms with Gasteiger partial charge in [0.15, 0.2) is 0 Å². The Bertz CT molecular complexity index is 799. The molecule has 1 fully saturated rings. The van der Waals surface area contributed by atoms with Crippen LogP contribution in [0.15, 0.2) is 42.6 Å². The van der Waals surface area contributed by atoms with E-state index in [9.17, 15) is 0 Å². The van der Waals surface area contributed by atoms with Gasteiger partial charge in [-0.3, -0.25) is 0 Å². The van der Waals surface area contributed by atoms with Crippen molar-refractivity contribution in [2.24, 2.45) is 17.8 Å². The van der Waals surface area contributed by atoms with Crippen molar-refractivity contribution < 1.29 is 0 Å². The highest BCUT2D eigenvalue weighted by molar-refractivity contribution is 5.69. The molecule has 142 valence electrons. The molecule has 1 aromatic heterocycles. The molecular formula is C23H30N4. The van der Waals surface area contributed by atoms with Crippen molar-refractivity contribution in [2.45, 2.75) is 46.1 Å². The summed E-state index contributed by atoms with van der Waals surface area (Å²) in [7, 11) is 0. The molecule has 2 aromatic rings. The quantitative estimate of drug-likeness (QED) is 0.778. The topological polar surface area (TPSA) is 41.1 Å². The molecule has 3 unspecified atom stereocenters. The highest BCUT2D eigenvalue weighted by atomic mass is 15.3. The normalized spacial score (nSPS) is 24.7. The monoisotopic (exact) mass is 362 g/mol. The van der Waals surface area contributed by atoms with Gasteiger partial charge in [0.1, 0.15) is 5.82 Å². The lowest BCUT2D eigenvalue weighted by Crippen LogP contribution is -2.47. The average molecular weight is 363 g/mol. The van der Waals surface area contributed by atoms with Crippen LogP contribution in [0.2, 0.25) is 0 Å². The summed E-state index contributed by atoms with van der Waals surface area (Å²) >= 11 is 0. The van der Waals surface area contributed by atoms with Crippen LogP contribution in [0.1, 0.15) is 45.6 Å². The first kappa shape index (κ1) is 18.0. The maximum atomic E-state index is 4.94. The van der Waals surface area contributed by atoms with Crippen LogP contribution in [-0.2, 0) is 0 Å². The van der Waals surface area contributed by atoms with Gasteiger partial charge >= 0.3 is 0 Å². The number of anilines is 3. The summed E-state index contributed by atoms with van der Waals surface area (Å²) in [5.41, 5.74) is 2.14. The van der Waals surface area contributed by atoms with E-state index in [2.05, 4.69) is 48.1 Å². The van der Waals surface area contributed by atoms with E-state index in [1.165, 1.54) is 19.3 Å². The number of nitrogens with zero attached hydrogens (tertiary/aromatic N) is 3. The standard InChI is InChI=1S/C23H30N4/c1-16(2)20-12-11-17(3)14-21(20)27-13-7-8-18-15-24-23(26-22(18)27)25-19-9-5-4-6-10-19/h4-10,15-17,20-21H,11-14H2,1-3H3,(H,24,25,26). The maximum Gasteiger partial charge on any atom is 0.229 e. The number of hydrogen-bond donors (Lipinski definition) is 1. The molecule has 1 aliphatic heterocycles. The third-order valence-corrected chi connectivity index (χ3v) is 6.08. The fourth-order valence-corrected chi connectivity index (χ4v) is 4.62. The lowest BCUT2D eigenvalue weighted by atomic mass is 9.73. The van der Waals surface area contributed by atoms with Crippen molar-refractivity contribution in [3.05, 3.63) is 48.2 Å². The zero-order valence-corrected chi connectivity index (χ0v) is 16.6. The van der Waals surface area contributed by atoms with Gasteiger partial charge in [-0.2, -0.15) is 4.98 Å². The molecule has 1 aliphatic carbocycles. The van der Waals surface area contributed by atoms with Crippen molar-refractivity contribution >= 4 is 23.5 Å². The Labute approximate surface area is 162 Å². The van der Waals surface area contributed by atoms with Gasteiger partial charge in [-0.25, -0.2) is 4.98 Å². The SMILES string of the molecule is CC1CCC(C(C)C)C(N2CC=Cc3cnc(Nc4ccccc4)nc32)C1. The molecule has 1 saturated carbocycles. The third kappa shape index (κ3) is 3.85. The highest BCUT2D eigenvalue weighted by Gasteiger charge is 2.36. The number of fused-ring (bicyclic) bond motifs is 1. The van der Waals surface area contributed by atoms with Gasteiger partial charge in [-0.05, 0) is 42.7 Å². The van der Waals surface area contributed by atoms with Crippen molar-refractivity contribution in [3.8, 4) is 0 Å². The summed E-state index contributed by atoms with van der Waals surface area (Å²) < 4.78 is 0. The van der Waals surface area contributed by atoms with Gasteiger partial charge in [0, 0.05) is 30.0 Å². The van der Waals surface area contributed by atoms with Gasteiger partial charge in [0.25, 0.3) is 0 Å². The van der Waals surface area contributed by atoms with Crippen LogP contribution in [0, 0.1) is 17.8 Å². The van der Waals surface area contributed by atoms with Crippen molar-refractivity contribution in [1.29, 1.82) is 0 Å². The number of para-hydroxylation sites is 1. The first-order valence-corrected chi connectivity index (χ1v) is 10.2. The summed E-state index contributed by atoms with van der Waals surface area (Å²) in [6.45, 7) is 8.08. The van der Waals surface area contributed by atoms with Crippen LogP contribution >= 0.6 is 0 Å². The number of hydrogen-bond acceptors (Lipinski definition) is 4. The highest BCUT2D eigenvalue weighted by Crippen LogP contribution is 2.39. The van der Waals surface area contributed by atoms with E-state index in [-0.39, 0.29) is 0 Å². The van der Waals surface area contributed by atoms with E-state index in [4.69, 9.17) is 4.98 Å². The van der Waals surface area contributed by atoms with Crippen LogP contribution in [0.4, 0.5) is 17.5 Å². The van der Waals surface area contributed by atoms with Crippen LogP contribution in [0.25, 0.3) is 6.08 Å². The second-order valence-electron chi connectivity index (χ2n) is 8.41. The number of nitrogens with one attached hydrogen (secondary N) is 1. The fourth-order valence-electron chi connectivity index (χ4n) is 4.62. The Morgan fingerprint density at radius 2 is 1.96 bits per heavy atom. The van der Waals surface area contributed by atoms with Gasteiger partial charge in [0.2, 0.25) is 5.95 Å². The average Bonchev–Trinajstić information content (AvgIpc) is 2.68. The summed E-state index contributed by atoms with van der Waals surface area (Å²) in [4.78, 5) is 12.0. The molecule has 0 saturated heterocycles. The smallest absolute Gasteiger partial charge is 0.229 e. The van der Waals surface area contributed by atoms with Crippen LogP contribution in [-0.4, -0.2) is 22.6 Å². The Hall–Kier alpha value is -2.36. The van der Waals surface area contributed by atoms with E-state index in [1.807, 2.05) is 36.5 Å². The second kappa shape index (κ2) is 7.71. The predicted octanol–water partition coefficient (Wildman–Crippen LogP) is 5.51. The summed E-state index contributed by atoms with van der Waals surface area (Å²) in [5, 5.41) is 3.35. The van der Waals surface area contributed by atoms with E-state index in [0.717, 1.165) is 35.4 Å². The lowest BCUT2D eigenvalue weighted by molar-refractivity contribution is 0.192. The van der Waals surface area contributed by atoms with E-state index < -0.39 is 0 Å². The molecular weight excluding hydrogens is 332 g/mol. The number of benzene rings is 1. The van der Waals surface area contributed by atoms with E-state index in [0.29, 0.717) is 17.9 Å². The first-order chi connectivity index (χ1) is 13.1. The Morgan fingerprint density at radius 1 is 1.15 bits per heavy atom. The molecule has 0 spiro atoms. The molecule has 4 rings (SSSR count). The van der Waals surface area contributed by atoms with Gasteiger partial charge < -0.3 is 10.2 Å². The van der Waals surface area contributed by atoms with Crippen molar-refractivity contribution in [1.82, 2.24) is 9.97 Å². The molecule has 1 aromatic carbocycles. The fraction of sp³-hybridized carbons (Fsp3) is 0.478. The van der Waals surface area contributed by atoms with Crippen LogP contribution < -0.4 is 10.2 Å². The van der Waals surface area contributed by atoms with E-state index in [1.54, 1.807) is 0 Å². The van der Waals surface area contributed by atoms with Crippen LogP contribution in [0.3, 0.4) is 0 Å². The zero-order valence-electron chi connectivity index (χ0n) is 16.6. The minimum Gasteiger partial charge on any atom is -0.349 e. The van der Waals surface area contributed by atoms with Crippen molar-refractivity contribution in [3.63, 3.8) is 0 Å². The molecule has 2 heterocycles. The van der Waals surface area contributed by atoms with Gasteiger partial charge in [-0.1, -0.05) is 57.5 Å². The number of rotatable bonds is 4. The zero-order chi connectivity index (χ0) is 18.8. The molecule has 27 heavy (non-hydrogen) atoms. The summed E-state index contributed by atoms with van der Waals surface area (Å²) in [6, 6.07) is 10.7. The maximum absolute atomic E-state index is 4.94. The Morgan fingerprint density at radius 3 is 2.74 bits per heavy atom. The molecule has 3 atom stereocenters. The minimum atomic E-state index is 0.553. The minimum absolute atomic E-state index is 0.553. The molecule has 4 nitrogen and oxygen atoms in total. The summed E-state index contributed by atoms with van der Waals surface area (Å²) in [6.07, 6.45) is 10.3. The second-order valence-corrected chi connectivity index (χ2v) is 8.41. The molecule has 0 bridgehead atoms. The molecule has 4 heteroatoms. The Balaban J connectivity index is 1.65. The predicted molar refractivity (Wildman–Crippen MR) is 113 cm³/mol. The molecule has 1 N–H and O–H groups in total. The third-order valence-electron chi connectivity index (χ3n) is 6.08. The Kier molecular flexibility index (Phi) is 5.15. The van der Waals surface area contributed by atoms with Crippen LogP contribution in [0.5, 0.6) is 0 Å². The van der Waals surface area contributed by atoms with E-state index >= 15 is 0 Å². The lowest BCUT2D eigenvalue weighted by Gasteiger charge is -2.45. The molecule has 2 aliphatic rings. The van der Waals surface area contributed by atoms with Gasteiger partial charge in [-0.15, -0.1) is 0 Å². The first-order valence-electron chi connectivity index (χ1n) is 10.2.